The molecule has 0 spiro atoms. The number of halogens is 1. The summed E-state index contributed by atoms with van der Waals surface area (Å²) in [5.41, 5.74) is 1.45. The van der Waals surface area contributed by atoms with Crippen LogP contribution in [0, 0.1) is 0 Å². The van der Waals surface area contributed by atoms with E-state index in [0.717, 1.165) is 10.0 Å². The van der Waals surface area contributed by atoms with Crippen molar-refractivity contribution in [2.24, 2.45) is 0 Å². The van der Waals surface area contributed by atoms with Crippen molar-refractivity contribution in [2.45, 2.75) is 13.5 Å². The summed E-state index contributed by atoms with van der Waals surface area (Å²) in [4.78, 5) is 11.5. The SMILES string of the molecule is CCOC(=O)c1ccn(Cc2cccc(Br)c2)n1. The van der Waals surface area contributed by atoms with Crippen molar-refractivity contribution < 1.29 is 9.53 Å². The summed E-state index contributed by atoms with van der Waals surface area (Å²) in [6.07, 6.45) is 1.77. The number of nitrogens with zero attached hydrogens (tertiary/aromatic N) is 2. The van der Waals surface area contributed by atoms with Gasteiger partial charge in [-0.05, 0) is 30.7 Å². The first kappa shape index (κ1) is 12.8. The molecular formula is C13H13BrN2O2. The van der Waals surface area contributed by atoms with Crippen LogP contribution in [0.4, 0.5) is 0 Å². The molecule has 0 radical (unpaired) electrons. The van der Waals surface area contributed by atoms with Gasteiger partial charge in [-0.3, -0.25) is 4.68 Å². The van der Waals surface area contributed by atoms with Gasteiger partial charge >= 0.3 is 5.97 Å². The Morgan fingerprint density at radius 3 is 3.00 bits per heavy atom. The van der Waals surface area contributed by atoms with E-state index in [2.05, 4.69) is 21.0 Å². The van der Waals surface area contributed by atoms with Gasteiger partial charge in [0.15, 0.2) is 5.69 Å². The number of hydrogen-bond acceptors (Lipinski definition) is 3. The number of rotatable bonds is 4. The van der Waals surface area contributed by atoms with Gasteiger partial charge in [-0.15, -0.1) is 0 Å². The highest BCUT2D eigenvalue weighted by atomic mass is 79.9. The van der Waals surface area contributed by atoms with Crippen LogP contribution < -0.4 is 0 Å². The summed E-state index contributed by atoms with van der Waals surface area (Å²) in [5.74, 6) is -0.384. The highest BCUT2D eigenvalue weighted by molar-refractivity contribution is 9.10. The molecule has 5 heteroatoms. The first-order chi connectivity index (χ1) is 8.69. The van der Waals surface area contributed by atoms with E-state index in [1.165, 1.54) is 0 Å². The summed E-state index contributed by atoms with van der Waals surface area (Å²) in [6, 6.07) is 9.63. The van der Waals surface area contributed by atoms with Crippen molar-refractivity contribution in [1.29, 1.82) is 0 Å². The Labute approximate surface area is 114 Å². The fraction of sp³-hybridized carbons (Fsp3) is 0.231. The van der Waals surface area contributed by atoms with Crippen LogP contribution in [0.5, 0.6) is 0 Å². The molecule has 18 heavy (non-hydrogen) atoms. The van der Waals surface area contributed by atoms with Crippen molar-refractivity contribution in [3.05, 3.63) is 52.3 Å². The Hall–Kier alpha value is -1.62. The highest BCUT2D eigenvalue weighted by Crippen LogP contribution is 2.12. The number of esters is 1. The van der Waals surface area contributed by atoms with Gasteiger partial charge in [0.25, 0.3) is 0 Å². The second-order valence-electron chi connectivity index (χ2n) is 3.75. The third kappa shape index (κ3) is 3.20. The number of hydrogen-bond donors (Lipinski definition) is 0. The van der Waals surface area contributed by atoms with E-state index in [-0.39, 0.29) is 5.97 Å². The van der Waals surface area contributed by atoms with Crippen molar-refractivity contribution >= 4 is 21.9 Å². The number of benzene rings is 1. The molecule has 0 fully saturated rings. The van der Waals surface area contributed by atoms with E-state index in [1.54, 1.807) is 23.9 Å². The zero-order valence-corrected chi connectivity index (χ0v) is 11.6. The maximum absolute atomic E-state index is 11.5. The number of aromatic nitrogens is 2. The van der Waals surface area contributed by atoms with Crippen LogP contribution in [-0.4, -0.2) is 22.4 Å². The molecule has 0 saturated carbocycles. The van der Waals surface area contributed by atoms with Gasteiger partial charge in [-0.25, -0.2) is 4.79 Å². The van der Waals surface area contributed by atoms with E-state index in [1.807, 2.05) is 24.3 Å². The monoisotopic (exact) mass is 308 g/mol. The van der Waals surface area contributed by atoms with Crippen molar-refractivity contribution in [1.82, 2.24) is 9.78 Å². The fourth-order valence-corrected chi connectivity index (χ4v) is 2.03. The molecule has 0 saturated heterocycles. The summed E-state index contributed by atoms with van der Waals surface area (Å²) < 4.78 is 7.63. The number of carbonyl (C=O) groups is 1. The Morgan fingerprint density at radius 1 is 1.44 bits per heavy atom. The Kier molecular flexibility index (Phi) is 4.15. The molecule has 0 aliphatic rings. The van der Waals surface area contributed by atoms with Gasteiger partial charge in [0, 0.05) is 10.7 Å². The lowest BCUT2D eigenvalue weighted by molar-refractivity contribution is 0.0518. The molecule has 0 atom stereocenters. The van der Waals surface area contributed by atoms with Crippen LogP contribution in [-0.2, 0) is 11.3 Å². The van der Waals surface area contributed by atoms with Crippen LogP contribution >= 0.6 is 15.9 Å². The largest absolute Gasteiger partial charge is 0.461 e. The molecule has 2 aromatic rings. The predicted octanol–water partition coefficient (Wildman–Crippen LogP) is 2.87. The molecular weight excluding hydrogens is 296 g/mol. The predicted molar refractivity (Wildman–Crippen MR) is 71.4 cm³/mol. The molecule has 0 bridgehead atoms. The van der Waals surface area contributed by atoms with Crippen LogP contribution in [0.2, 0.25) is 0 Å². The first-order valence-corrected chi connectivity index (χ1v) is 6.43. The molecule has 0 N–H and O–H groups in total. The zero-order valence-electron chi connectivity index (χ0n) is 9.97. The van der Waals surface area contributed by atoms with Gasteiger partial charge in [-0.1, -0.05) is 28.1 Å². The van der Waals surface area contributed by atoms with Crippen LogP contribution in [0.3, 0.4) is 0 Å². The molecule has 0 aliphatic carbocycles. The summed E-state index contributed by atoms with van der Waals surface area (Å²) in [7, 11) is 0. The smallest absolute Gasteiger partial charge is 0.358 e. The summed E-state index contributed by atoms with van der Waals surface area (Å²) in [5, 5.41) is 4.18. The molecule has 1 aromatic carbocycles. The number of carbonyl (C=O) groups excluding carboxylic acids is 1. The highest BCUT2D eigenvalue weighted by Gasteiger charge is 2.10. The minimum absolute atomic E-state index is 0.340. The molecule has 0 unspecified atom stereocenters. The minimum atomic E-state index is -0.384. The van der Waals surface area contributed by atoms with E-state index >= 15 is 0 Å². The maximum Gasteiger partial charge on any atom is 0.358 e. The second-order valence-corrected chi connectivity index (χ2v) is 4.66. The molecule has 0 aliphatic heterocycles. The topological polar surface area (TPSA) is 44.1 Å². The van der Waals surface area contributed by atoms with E-state index in [9.17, 15) is 4.79 Å². The second kappa shape index (κ2) is 5.82. The van der Waals surface area contributed by atoms with Gasteiger partial charge < -0.3 is 4.74 Å². The molecule has 1 heterocycles. The first-order valence-electron chi connectivity index (χ1n) is 5.64. The summed E-state index contributed by atoms with van der Waals surface area (Å²) >= 11 is 3.42. The minimum Gasteiger partial charge on any atom is -0.461 e. The Bertz CT molecular complexity index is 551. The maximum atomic E-state index is 11.5. The van der Waals surface area contributed by atoms with Gasteiger partial charge in [0.05, 0.1) is 13.2 Å². The van der Waals surface area contributed by atoms with Gasteiger partial charge in [-0.2, -0.15) is 5.10 Å². The fourth-order valence-electron chi connectivity index (χ4n) is 1.59. The molecule has 4 nitrogen and oxygen atoms in total. The molecule has 94 valence electrons. The van der Waals surface area contributed by atoms with E-state index in [0.29, 0.717) is 18.8 Å². The Balaban J connectivity index is 2.09. The lowest BCUT2D eigenvalue weighted by Gasteiger charge is -2.02. The third-order valence-electron chi connectivity index (χ3n) is 2.36. The third-order valence-corrected chi connectivity index (χ3v) is 2.85. The van der Waals surface area contributed by atoms with Crippen LogP contribution in [0.25, 0.3) is 0 Å². The molecule has 1 aromatic heterocycles. The quantitative estimate of drug-likeness (QED) is 0.816. The van der Waals surface area contributed by atoms with Crippen molar-refractivity contribution in [2.75, 3.05) is 6.61 Å². The van der Waals surface area contributed by atoms with E-state index < -0.39 is 0 Å². The average Bonchev–Trinajstić information content (AvgIpc) is 2.78. The standard InChI is InChI=1S/C13H13BrN2O2/c1-2-18-13(17)12-6-7-16(15-12)9-10-4-3-5-11(14)8-10/h3-8H,2,9H2,1H3. The van der Waals surface area contributed by atoms with Gasteiger partial charge in [0.2, 0.25) is 0 Å². The van der Waals surface area contributed by atoms with Crippen molar-refractivity contribution in [3.63, 3.8) is 0 Å². The molecule has 0 amide bonds. The van der Waals surface area contributed by atoms with E-state index in [4.69, 9.17) is 4.74 Å². The normalized spacial score (nSPS) is 10.3. The average molecular weight is 309 g/mol. The zero-order chi connectivity index (χ0) is 13.0. The Morgan fingerprint density at radius 2 is 2.28 bits per heavy atom. The number of ether oxygens (including phenoxy) is 1. The lowest BCUT2D eigenvalue weighted by atomic mass is 10.2. The van der Waals surface area contributed by atoms with Gasteiger partial charge in [0.1, 0.15) is 0 Å². The molecule has 2 rings (SSSR count). The summed E-state index contributed by atoms with van der Waals surface area (Å²) in [6.45, 7) is 2.76. The van der Waals surface area contributed by atoms with Crippen molar-refractivity contribution in [3.8, 4) is 0 Å². The lowest BCUT2D eigenvalue weighted by Crippen LogP contribution is -2.07. The van der Waals surface area contributed by atoms with Crippen LogP contribution in [0.15, 0.2) is 41.0 Å². The van der Waals surface area contributed by atoms with Crippen LogP contribution in [0.1, 0.15) is 23.0 Å².